The van der Waals surface area contributed by atoms with Gasteiger partial charge in [0.15, 0.2) is 11.5 Å². The number of nitrogens with one attached hydrogen (secondary N) is 1. The lowest BCUT2D eigenvalue weighted by molar-refractivity contribution is 0.102. The minimum atomic E-state index is -0.422. The summed E-state index contributed by atoms with van der Waals surface area (Å²) < 4.78 is 24.3. The lowest BCUT2D eigenvalue weighted by Crippen LogP contribution is -2.14. The Hall–Kier alpha value is -2.27. The highest BCUT2D eigenvalue weighted by atomic mass is 35.5. The molecule has 0 saturated heterocycles. The van der Waals surface area contributed by atoms with Crippen molar-refractivity contribution in [2.75, 3.05) is 19.0 Å². The molecule has 6 heteroatoms. The maximum atomic E-state index is 13.4. The van der Waals surface area contributed by atoms with Crippen molar-refractivity contribution in [3.8, 4) is 11.5 Å². The molecule has 0 aromatic heterocycles. The van der Waals surface area contributed by atoms with Gasteiger partial charge in [0.05, 0.1) is 18.7 Å². The normalized spacial score (nSPS) is 10.7. The summed E-state index contributed by atoms with van der Waals surface area (Å²) in [6, 6.07) is 7.26. The first-order valence-electron chi connectivity index (χ1n) is 7.89. The summed E-state index contributed by atoms with van der Waals surface area (Å²) in [5.41, 5.74) is 1.45. The van der Waals surface area contributed by atoms with Crippen LogP contribution in [0.15, 0.2) is 30.3 Å². The van der Waals surface area contributed by atoms with Gasteiger partial charge in [0.25, 0.3) is 5.91 Å². The second-order valence-corrected chi connectivity index (χ2v) is 6.51. The molecule has 0 unspecified atom stereocenters. The first-order chi connectivity index (χ1) is 11.8. The Morgan fingerprint density at radius 2 is 2.00 bits per heavy atom. The summed E-state index contributed by atoms with van der Waals surface area (Å²) in [6.45, 7) is 6.29. The second kappa shape index (κ2) is 8.21. The van der Waals surface area contributed by atoms with E-state index in [1.54, 1.807) is 19.1 Å². The molecule has 2 aromatic rings. The Kier molecular flexibility index (Phi) is 6.26. The highest BCUT2D eigenvalue weighted by Gasteiger charge is 2.17. The summed E-state index contributed by atoms with van der Waals surface area (Å²) in [6.07, 6.45) is 0. The van der Waals surface area contributed by atoms with E-state index >= 15 is 0 Å². The van der Waals surface area contributed by atoms with Crippen molar-refractivity contribution >= 4 is 23.2 Å². The van der Waals surface area contributed by atoms with Gasteiger partial charge in [-0.25, -0.2) is 4.39 Å². The van der Waals surface area contributed by atoms with Crippen molar-refractivity contribution in [2.24, 2.45) is 5.92 Å². The van der Waals surface area contributed by atoms with Crippen LogP contribution in [0.5, 0.6) is 11.5 Å². The maximum absolute atomic E-state index is 13.4. The highest BCUT2D eigenvalue weighted by Crippen LogP contribution is 2.37. The number of hydrogen-bond donors (Lipinski definition) is 1. The largest absolute Gasteiger partial charge is 0.493 e. The molecule has 0 saturated carbocycles. The molecule has 0 radical (unpaired) electrons. The van der Waals surface area contributed by atoms with E-state index in [0.29, 0.717) is 35.3 Å². The summed E-state index contributed by atoms with van der Waals surface area (Å²) in [5, 5.41) is 2.96. The number of halogens is 2. The average molecular weight is 366 g/mol. The van der Waals surface area contributed by atoms with Gasteiger partial charge >= 0.3 is 0 Å². The zero-order valence-electron chi connectivity index (χ0n) is 14.7. The maximum Gasteiger partial charge on any atom is 0.255 e. The molecule has 0 heterocycles. The van der Waals surface area contributed by atoms with Gasteiger partial charge < -0.3 is 14.8 Å². The Morgan fingerprint density at radius 1 is 1.28 bits per heavy atom. The van der Waals surface area contributed by atoms with Crippen LogP contribution in [0, 0.1) is 18.7 Å². The number of amides is 1. The molecule has 0 aliphatic heterocycles. The predicted molar refractivity (Wildman–Crippen MR) is 97.4 cm³/mol. The monoisotopic (exact) mass is 365 g/mol. The van der Waals surface area contributed by atoms with Crippen molar-refractivity contribution in [3.63, 3.8) is 0 Å². The third-order valence-corrected chi connectivity index (χ3v) is 3.78. The quantitative estimate of drug-likeness (QED) is 0.776. The lowest BCUT2D eigenvalue weighted by atomic mass is 10.1. The number of rotatable bonds is 6. The van der Waals surface area contributed by atoms with Crippen molar-refractivity contribution in [2.45, 2.75) is 20.8 Å². The van der Waals surface area contributed by atoms with Crippen molar-refractivity contribution in [3.05, 3.63) is 52.3 Å². The molecule has 25 heavy (non-hydrogen) atoms. The van der Waals surface area contributed by atoms with Gasteiger partial charge in [-0.3, -0.25) is 4.79 Å². The van der Waals surface area contributed by atoms with Crippen LogP contribution in [0.25, 0.3) is 0 Å². The van der Waals surface area contributed by atoms with Gasteiger partial charge in [-0.15, -0.1) is 0 Å². The fourth-order valence-electron chi connectivity index (χ4n) is 2.16. The smallest absolute Gasteiger partial charge is 0.255 e. The molecule has 0 atom stereocenters. The van der Waals surface area contributed by atoms with E-state index in [4.69, 9.17) is 21.1 Å². The Labute approximate surface area is 151 Å². The fourth-order valence-corrected chi connectivity index (χ4v) is 2.43. The third kappa shape index (κ3) is 4.86. The summed E-state index contributed by atoms with van der Waals surface area (Å²) >= 11 is 6.26. The molecule has 2 aromatic carbocycles. The second-order valence-electron chi connectivity index (χ2n) is 6.11. The fraction of sp³-hybridized carbons (Fsp3) is 0.316. The average Bonchev–Trinajstić information content (AvgIpc) is 2.56. The van der Waals surface area contributed by atoms with Crippen LogP contribution in [0.1, 0.15) is 29.8 Å². The molecular formula is C19H21ClFNO3. The van der Waals surface area contributed by atoms with E-state index in [1.165, 1.54) is 25.3 Å². The number of aryl methyl sites for hydroxylation is 1. The van der Waals surface area contributed by atoms with Gasteiger partial charge in [0.2, 0.25) is 0 Å². The number of ether oxygens (including phenoxy) is 2. The van der Waals surface area contributed by atoms with Crippen LogP contribution in [-0.2, 0) is 0 Å². The first kappa shape index (κ1) is 19.1. The number of carbonyl (C=O) groups excluding carboxylic acids is 1. The topological polar surface area (TPSA) is 47.6 Å². The number of carbonyl (C=O) groups is 1. The van der Waals surface area contributed by atoms with E-state index in [1.807, 2.05) is 13.8 Å². The molecule has 2 rings (SSSR count). The van der Waals surface area contributed by atoms with Gasteiger partial charge in [0, 0.05) is 11.3 Å². The van der Waals surface area contributed by atoms with Crippen LogP contribution in [-0.4, -0.2) is 19.6 Å². The van der Waals surface area contributed by atoms with Crippen molar-refractivity contribution < 1.29 is 18.7 Å². The minimum absolute atomic E-state index is 0.279. The van der Waals surface area contributed by atoms with Gasteiger partial charge in [-0.1, -0.05) is 31.5 Å². The summed E-state index contributed by atoms with van der Waals surface area (Å²) in [7, 11) is 1.48. The zero-order valence-corrected chi connectivity index (χ0v) is 15.4. The number of hydrogen-bond acceptors (Lipinski definition) is 3. The number of benzene rings is 2. The Morgan fingerprint density at radius 3 is 2.64 bits per heavy atom. The molecule has 0 aliphatic carbocycles. The van der Waals surface area contributed by atoms with Crippen LogP contribution < -0.4 is 14.8 Å². The van der Waals surface area contributed by atoms with E-state index in [9.17, 15) is 9.18 Å². The van der Waals surface area contributed by atoms with E-state index in [2.05, 4.69) is 5.32 Å². The van der Waals surface area contributed by atoms with Crippen molar-refractivity contribution in [1.82, 2.24) is 0 Å². The number of methoxy groups -OCH3 is 1. The predicted octanol–water partition coefficient (Wildman–Crippen LogP) is 5.08. The van der Waals surface area contributed by atoms with Crippen molar-refractivity contribution in [1.29, 1.82) is 0 Å². The number of anilines is 1. The summed E-state index contributed by atoms with van der Waals surface area (Å²) in [5.74, 6) is 0.253. The van der Waals surface area contributed by atoms with Crippen LogP contribution in [0.3, 0.4) is 0 Å². The molecule has 0 bridgehead atoms. The van der Waals surface area contributed by atoms with E-state index in [-0.39, 0.29) is 5.02 Å². The van der Waals surface area contributed by atoms with Crippen LogP contribution in [0.4, 0.5) is 10.1 Å². The van der Waals surface area contributed by atoms with Gasteiger partial charge in [-0.2, -0.15) is 0 Å². The minimum Gasteiger partial charge on any atom is -0.493 e. The molecular weight excluding hydrogens is 345 g/mol. The molecule has 4 nitrogen and oxygen atoms in total. The van der Waals surface area contributed by atoms with Crippen LogP contribution in [0.2, 0.25) is 5.02 Å². The Balaban J connectivity index is 2.28. The van der Waals surface area contributed by atoms with E-state index < -0.39 is 11.7 Å². The Bertz CT molecular complexity index is 778. The molecule has 1 amide bonds. The summed E-state index contributed by atoms with van der Waals surface area (Å²) in [4.78, 5) is 12.5. The third-order valence-electron chi connectivity index (χ3n) is 3.50. The molecule has 0 fully saturated rings. The SMILES string of the molecule is COc1cc(C(=O)Nc2cc(F)ccc2C)cc(Cl)c1OCC(C)C. The molecule has 0 aliphatic rings. The molecule has 1 N–H and O–H groups in total. The standard InChI is InChI=1S/C19H21ClFNO3/c1-11(2)10-25-18-15(20)7-13(8-17(18)24-4)19(23)22-16-9-14(21)6-5-12(16)3/h5-9,11H,10H2,1-4H3,(H,22,23). The molecule has 0 spiro atoms. The molecule has 134 valence electrons. The van der Waals surface area contributed by atoms with Gasteiger partial charge in [-0.05, 0) is 42.7 Å². The first-order valence-corrected chi connectivity index (χ1v) is 8.27. The van der Waals surface area contributed by atoms with E-state index in [0.717, 1.165) is 5.56 Å². The van der Waals surface area contributed by atoms with Gasteiger partial charge in [0.1, 0.15) is 5.82 Å². The zero-order chi connectivity index (χ0) is 18.6. The van der Waals surface area contributed by atoms with Crippen LogP contribution >= 0.6 is 11.6 Å². The highest BCUT2D eigenvalue weighted by molar-refractivity contribution is 6.32. The lowest BCUT2D eigenvalue weighted by Gasteiger charge is -2.15.